The van der Waals surface area contributed by atoms with Crippen molar-refractivity contribution < 1.29 is 37.0 Å². The highest BCUT2D eigenvalue weighted by atomic mass is 35.5. The average molecular weight is 551 g/mol. The Bertz CT molecular complexity index is 1300. The Hall–Kier alpha value is -4.03. The molecule has 0 aliphatic carbocycles. The summed E-state index contributed by atoms with van der Waals surface area (Å²) in [6.45, 7) is 0.189. The number of rotatable bonds is 9. The van der Waals surface area contributed by atoms with Gasteiger partial charge in [-0.3, -0.25) is 9.59 Å². The largest absolute Gasteiger partial charge is 0.467 e. The number of carbonyl (C=O) groups excluding carboxylic acids is 3. The fourth-order valence-electron chi connectivity index (χ4n) is 3.25. The van der Waals surface area contributed by atoms with Gasteiger partial charge in [0.1, 0.15) is 19.3 Å². The number of carbonyl (C=O) groups is 3. The molecule has 0 aliphatic heterocycles. The van der Waals surface area contributed by atoms with Crippen molar-refractivity contribution in [2.75, 3.05) is 25.2 Å². The summed E-state index contributed by atoms with van der Waals surface area (Å²) in [7, 11) is 1.17. The lowest BCUT2D eigenvalue weighted by atomic mass is 10.1. The van der Waals surface area contributed by atoms with E-state index in [1.54, 1.807) is 30.3 Å². The summed E-state index contributed by atoms with van der Waals surface area (Å²) < 4.78 is 48.9. The summed E-state index contributed by atoms with van der Waals surface area (Å²) in [5, 5.41) is 2.79. The normalized spacial score (nSPS) is 11.9. The molecule has 1 aromatic heterocycles. The number of anilines is 2. The number of alkyl halides is 3. The van der Waals surface area contributed by atoms with Crippen LogP contribution in [0.4, 0.5) is 24.8 Å². The third kappa shape index (κ3) is 7.49. The van der Waals surface area contributed by atoms with Gasteiger partial charge in [-0.1, -0.05) is 23.7 Å². The highest BCUT2D eigenvalue weighted by Gasteiger charge is 2.31. The van der Waals surface area contributed by atoms with Gasteiger partial charge in [-0.25, -0.2) is 19.7 Å². The molecule has 0 saturated heterocycles. The van der Waals surface area contributed by atoms with Gasteiger partial charge in [0.15, 0.2) is 0 Å². The molecule has 0 aliphatic rings. The Morgan fingerprint density at radius 3 is 2.42 bits per heavy atom. The van der Waals surface area contributed by atoms with Crippen molar-refractivity contribution >= 4 is 41.0 Å². The zero-order valence-corrected chi connectivity index (χ0v) is 20.9. The molecule has 0 saturated carbocycles. The number of halogens is 4. The zero-order valence-electron chi connectivity index (χ0n) is 20.2. The van der Waals surface area contributed by atoms with Crippen LogP contribution in [0.25, 0.3) is 11.3 Å². The number of methoxy groups -OCH3 is 1. The molecule has 1 atom stereocenters. The van der Waals surface area contributed by atoms with Crippen LogP contribution in [0.1, 0.15) is 12.5 Å². The maximum Gasteiger partial charge on any atom is 0.416 e. The van der Waals surface area contributed by atoms with Gasteiger partial charge in [0, 0.05) is 16.8 Å². The molecule has 200 valence electrons. The van der Waals surface area contributed by atoms with Crippen molar-refractivity contribution in [3.05, 3.63) is 71.4 Å². The smallest absolute Gasteiger partial charge is 0.416 e. The van der Waals surface area contributed by atoms with Crippen molar-refractivity contribution in [2.24, 2.45) is 0 Å². The minimum Gasteiger partial charge on any atom is -0.467 e. The number of ether oxygens (including phenoxy) is 2. The SMILES string of the molecule is COC(=O)[C@H](C)NC(=O)COCC(=O)N(c1ccc(C(F)(F)F)cc1)c1nccc(-c2cccc(Cl)c2)n1. The first-order chi connectivity index (χ1) is 18.0. The highest BCUT2D eigenvalue weighted by molar-refractivity contribution is 6.30. The number of hydrogen-bond donors (Lipinski definition) is 1. The van der Waals surface area contributed by atoms with Crippen molar-refractivity contribution in [2.45, 2.75) is 19.1 Å². The number of benzene rings is 2. The average Bonchev–Trinajstić information content (AvgIpc) is 2.88. The standard InChI is InChI=1S/C25H22ClF3N4O5/c1-15(23(36)37-2)31-21(34)13-38-14-22(35)33(19-8-6-17(7-9-19)25(27,28)29)24-30-11-10-20(32-24)16-4-3-5-18(26)12-16/h3-12,15H,13-14H2,1-2H3,(H,31,34)/t15-/m0/s1. The third-order valence-electron chi connectivity index (χ3n) is 5.06. The molecule has 3 aromatic rings. The minimum atomic E-state index is -4.58. The van der Waals surface area contributed by atoms with Gasteiger partial charge in [0.2, 0.25) is 11.9 Å². The summed E-state index contributed by atoms with van der Waals surface area (Å²) in [6, 6.07) is 11.2. The van der Waals surface area contributed by atoms with Crippen LogP contribution in [0.2, 0.25) is 5.02 Å². The van der Waals surface area contributed by atoms with Gasteiger partial charge >= 0.3 is 12.1 Å². The molecule has 9 nitrogen and oxygen atoms in total. The summed E-state index contributed by atoms with van der Waals surface area (Å²) in [4.78, 5) is 46.1. The molecule has 0 unspecified atom stereocenters. The van der Waals surface area contributed by atoms with E-state index < -0.39 is 48.8 Å². The second-order valence-electron chi connectivity index (χ2n) is 7.83. The number of nitrogens with zero attached hydrogens (tertiary/aromatic N) is 3. The highest BCUT2D eigenvalue weighted by Crippen LogP contribution is 2.32. The first kappa shape index (κ1) is 28.5. The topological polar surface area (TPSA) is 111 Å². The fourth-order valence-corrected chi connectivity index (χ4v) is 3.44. The summed E-state index contributed by atoms with van der Waals surface area (Å²) in [5.74, 6) is -2.25. The van der Waals surface area contributed by atoms with E-state index in [9.17, 15) is 27.6 Å². The van der Waals surface area contributed by atoms with Gasteiger partial charge in [0.25, 0.3) is 5.91 Å². The summed E-state index contributed by atoms with van der Waals surface area (Å²) in [5.41, 5.74) is 0.154. The number of esters is 1. The lowest BCUT2D eigenvalue weighted by molar-refractivity contribution is -0.145. The van der Waals surface area contributed by atoms with E-state index >= 15 is 0 Å². The van der Waals surface area contributed by atoms with Crippen molar-refractivity contribution in [3.8, 4) is 11.3 Å². The Kier molecular flexibility index (Phi) is 9.37. The molecule has 0 bridgehead atoms. The molecule has 3 rings (SSSR count). The predicted molar refractivity (Wildman–Crippen MR) is 132 cm³/mol. The summed E-state index contributed by atoms with van der Waals surface area (Å²) >= 11 is 6.06. The summed E-state index contributed by atoms with van der Waals surface area (Å²) in [6.07, 6.45) is -3.19. The van der Waals surface area contributed by atoms with Crippen LogP contribution in [0, 0.1) is 0 Å². The monoisotopic (exact) mass is 550 g/mol. The minimum absolute atomic E-state index is 0.0404. The van der Waals surface area contributed by atoms with Gasteiger partial charge in [0.05, 0.1) is 24.1 Å². The maximum absolute atomic E-state index is 13.2. The molecular formula is C25H22ClF3N4O5. The van der Waals surface area contributed by atoms with Crippen molar-refractivity contribution in [3.63, 3.8) is 0 Å². The molecule has 0 radical (unpaired) electrons. The van der Waals surface area contributed by atoms with Crippen LogP contribution < -0.4 is 10.2 Å². The lowest BCUT2D eigenvalue weighted by Crippen LogP contribution is -2.41. The molecule has 2 amide bonds. The van der Waals surface area contributed by atoms with E-state index in [0.717, 1.165) is 29.2 Å². The molecular weight excluding hydrogens is 529 g/mol. The molecule has 1 heterocycles. The van der Waals surface area contributed by atoms with Gasteiger partial charge < -0.3 is 14.8 Å². The van der Waals surface area contributed by atoms with Crippen LogP contribution in [-0.4, -0.2) is 54.1 Å². The van der Waals surface area contributed by atoms with Gasteiger partial charge in [-0.15, -0.1) is 0 Å². The number of nitrogens with one attached hydrogen (secondary N) is 1. The quantitative estimate of drug-likeness (QED) is 0.398. The van der Waals surface area contributed by atoms with E-state index in [1.165, 1.54) is 20.2 Å². The number of aromatic nitrogens is 2. The van der Waals surface area contributed by atoms with E-state index in [-0.39, 0.29) is 11.6 Å². The van der Waals surface area contributed by atoms with E-state index in [0.29, 0.717) is 16.3 Å². The number of hydrogen-bond acceptors (Lipinski definition) is 7. The number of amides is 2. The van der Waals surface area contributed by atoms with Crippen LogP contribution in [0.5, 0.6) is 0 Å². The zero-order chi connectivity index (χ0) is 27.9. The Morgan fingerprint density at radius 2 is 1.79 bits per heavy atom. The Labute approximate surface area is 220 Å². The van der Waals surface area contributed by atoms with Crippen LogP contribution in [0.3, 0.4) is 0 Å². The molecule has 13 heteroatoms. The molecule has 38 heavy (non-hydrogen) atoms. The van der Waals surface area contributed by atoms with Crippen molar-refractivity contribution in [1.82, 2.24) is 15.3 Å². The fraction of sp³-hybridized carbons (Fsp3) is 0.240. The first-order valence-corrected chi connectivity index (χ1v) is 11.4. The molecule has 1 N–H and O–H groups in total. The van der Waals surface area contributed by atoms with Crippen LogP contribution >= 0.6 is 11.6 Å². The second kappa shape index (κ2) is 12.5. The van der Waals surface area contributed by atoms with Crippen molar-refractivity contribution in [1.29, 1.82) is 0 Å². The van der Waals surface area contributed by atoms with Crippen LogP contribution in [-0.2, 0) is 30.0 Å². The predicted octanol–water partition coefficient (Wildman–Crippen LogP) is 4.17. The molecule has 2 aromatic carbocycles. The lowest BCUT2D eigenvalue weighted by Gasteiger charge is -2.22. The molecule has 0 fully saturated rings. The van der Waals surface area contributed by atoms with Gasteiger partial charge in [-0.05, 0) is 49.4 Å². The van der Waals surface area contributed by atoms with Crippen LogP contribution in [0.15, 0.2) is 60.8 Å². The van der Waals surface area contributed by atoms with E-state index in [1.807, 2.05) is 0 Å². The Morgan fingerprint density at radius 1 is 1.08 bits per heavy atom. The van der Waals surface area contributed by atoms with Gasteiger partial charge in [-0.2, -0.15) is 13.2 Å². The third-order valence-corrected chi connectivity index (χ3v) is 5.29. The van der Waals surface area contributed by atoms with E-state index in [4.69, 9.17) is 16.3 Å². The maximum atomic E-state index is 13.2. The first-order valence-electron chi connectivity index (χ1n) is 11.0. The van der Waals surface area contributed by atoms with E-state index in [2.05, 4.69) is 20.0 Å². The molecule has 0 spiro atoms. The Balaban J connectivity index is 1.85. The second-order valence-corrected chi connectivity index (χ2v) is 8.27.